The highest BCUT2D eigenvalue weighted by Crippen LogP contribution is 2.34. The number of furan rings is 1. The fraction of sp³-hybridized carbons (Fsp3) is 0.412. The van der Waals surface area contributed by atoms with Crippen molar-refractivity contribution >= 4 is 23.2 Å². The van der Waals surface area contributed by atoms with Gasteiger partial charge in [-0.2, -0.15) is 0 Å². The van der Waals surface area contributed by atoms with E-state index in [4.69, 9.17) is 27.6 Å². The quantitative estimate of drug-likeness (QED) is 0.783. The SMILES string of the molecule is Clc1cccc(-c2ccc(CNC3CCCCC3)o2)c1Cl. The van der Waals surface area contributed by atoms with Gasteiger partial charge in [0.2, 0.25) is 0 Å². The average Bonchev–Trinajstić information content (AvgIpc) is 2.98. The van der Waals surface area contributed by atoms with Gasteiger partial charge in [-0.3, -0.25) is 0 Å². The van der Waals surface area contributed by atoms with Crippen molar-refractivity contribution in [3.8, 4) is 11.3 Å². The van der Waals surface area contributed by atoms with Crippen LogP contribution in [-0.4, -0.2) is 6.04 Å². The minimum Gasteiger partial charge on any atom is -0.460 e. The lowest BCUT2D eigenvalue weighted by molar-refractivity contribution is 0.358. The topological polar surface area (TPSA) is 25.2 Å². The van der Waals surface area contributed by atoms with Crippen molar-refractivity contribution in [3.05, 3.63) is 46.1 Å². The van der Waals surface area contributed by atoms with Gasteiger partial charge in [0, 0.05) is 11.6 Å². The van der Waals surface area contributed by atoms with Crippen molar-refractivity contribution in [1.29, 1.82) is 0 Å². The number of rotatable bonds is 4. The number of hydrogen-bond acceptors (Lipinski definition) is 2. The molecule has 0 bridgehead atoms. The molecule has 1 aromatic carbocycles. The lowest BCUT2D eigenvalue weighted by Crippen LogP contribution is -2.30. The molecule has 1 aromatic heterocycles. The Labute approximate surface area is 135 Å². The molecule has 112 valence electrons. The van der Waals surface area contributed by atoms with Gasteiger partial charge in [0.1, 0.15) is 11.5 Å². The largest absolute Gasteiger partial charge is 0.460 e. The zero-order chi connectivity index (χ0) is 14.7. The molecule has 0 unspecified atom stereocenters. The van der Waals surface area contributed by atoms with Gasteiger partial charge < -0.3 is 9.73 Å². The Morgan fingerprint density at radius 1 is 1.05 bits per heavy atom. The van der Waals surface area contributed by atoms with E-state index in [9.17, 15) is 0 Å². The molecule has 0 amide bonds. The van der Waals surface area contributed by atoms with Crippen LogP contribution < -0.4 is 5.32 Å². The summed E-state index contributed by atoms with van der Waals surface area (Å²) in [4.78, 5) is 0. The molecule has 3 rings (SSSR count). The normalized spacial score (nSPS) is 16.3. The van der Waals surface area contributed by atoms with Gasteiger partial charge in [-0.15, -0.1) is 0 Å². The Morgan fingerprint density at radius 2 is 1.86 bits per heavy atom. The first-order valence-electron chi connectivity index (χ1n) is 7.50. The standard InChI is InChI=1S/C17H19Cl2NO/c18-15-8-4-7-14(17(15)19)16-10-9-13(21-16)11-20-12-5-2-1-3-6-12/h4,7-10,12,20H,1-3,5-6,11H2. The van der Waals surface area contributed by atoms with Gasteiger partial charge in [0.05, 0.1) is 16.6 Å². The smallest absolute Gasteiger partial charge is 0.135 e. The van der Waals surface area contributed by atoms with Crippen molar-refractivity contribution in [1.82, 2.24) is 5.32 Å². The first-order valence-corrected chi connectivity index (χ1v) is 8.26. The zero-order valence-electron chi connectivity index (χ0n) is 11.9. The van der Waals surface area contributed by atoms with Gasteiger partial charge >= 0.3 is 0 Å². The second kappa shape index (κ2) is 6.87. The van der Waals surface area contributed by atoms with Crippen molar-refractivity contribution in [2.24, 2.45) is 0 Å². The van der Waals surface area contributed by atoms with E-state index in [1.54, 1.807) is 6.07 Å². The third-order valence-electron chi connectivity index (χ3n) is 4.05. The molecule has 1 heterocycles. The van der Waals surface area contributed by atoms with Crippen LogP contribution in [0.2, 0.25) is 10.0 Å². The van der Waals surface area contributed by atoms with Crippen LogP contribution in [0.25, 0.3) is 11.3 Å². The summed E-state index contributed by atoms with van der Waals surface area (Å²) in [7, 11) is 0. The number of halogens is 2. The first kappa shape index (κ1) is 15.0. The maximum atomic E-state index is 6.23. The van der Waals surface area contributed by atoms with Crippen molar-refractivity contribution in [2.45, 2.75) is 44.7 Å². The van der Waals surface area contributed by atoms with E-state index in [-0.39, 0.29) is 0 Å². The second-order valence-electron chi connectivity index (χ2n) is 5.58. The van der Waals surface area contributed by atoms with E-state index < -0.39 is 0 Å². The summed E-state index contributed by atoms with van der Waals surface area (Å²) < 4.78 is 5.89. The molecule has 1 aliphatic carbocycles. The molecule has 0 radical (unpaired) electrons. The summed E-state index contributed by atoms with van der Waals surface area (Å²) in [5, 5.41) is 4.67. The fourth-order valence-electron chi connectivity index (χ4n) is 2.86. The molecule has 2 nitrogen and oxygen atoms in total. The third kappa shape index (κ3) is 3.63. The van der Waals surface area contributed by atoms with Crippen molar-refractivity contribution < 1.29 is 4.42 Å². The van der Waals surface area contributed by atoms with Gasteiger partial charge in [-0.05, 0) is 37.1 Å². The Bertz CT molecular complexity index is 603. The van der Waals surface area contributed by atoms with Crippen LogP contribution in [0, 0.1) is 0 Å². The predicted octanol–water partition coefficient (Wildman–Crippen LogP) is 5.68. The van der Waals surface area contributed by atoms with Crippen LogP contribution in [0.15, 0.2) is 34.7 Å². The first-order chi connectivity index (χ1) is 10.2. The van der Waals surface area contributed by atoms with Gasteiger partial charge in [0.25, 0.3) is 0 Å². The fourth-order valence-corrected chi connectivity index (χ4v) is 3.26. The Morgan fingerprint density at radius 3 is 2.67 bits per heavy atom. The molecule has 0 saturated heterocycles. The minimum absolute atomic E-state index is 0.542. The van der Waals surface area contributed by atoms with Gasteiger partial charge in [-0.25, -0.2) is 0 Å². The van der Waals surface area contributed by atoms with Crippen LogP contribution >= 0.6 is 23.2 Å². The molecule has 1 saturated carbocycles. The van der Waals surface area contributed by atoms with E-state index in [0.717, 1.165) is 23.6 Å². The predicted molar refractivity (Wildman–Crippen MR) is 87.9 cm³/mol. The lowest BCUT2D eigenvalue weighted by Gasteiger charge is -2.22. The van der Waals surface area contributed by atoms with E-state index in [0.29, 0.717) is 16.1 Å². The Balaban J connectivity index is 1.67. The lowest BCUT2D eigenvalue weighted by atomic mass is 9.95. The van der Waals surface area contributed by atoms with E-state index in [1.807, 2.05) is 24.3 Å². The van der Waals surface area contributed by atoms with Crippen LogP contribution in [0.5, 0.6) is 0 Å². The highest BCUT2D eigenvalue weighted by molar-refractivity contribution is 6.43. The molecule has 0 aliphatic heterocycles. The molecular weight excluding hydrogens is 305 g/mol. The van der Waals surface area contributed by atoms with Crippen LogP contribution in [0.3, 0.4) is 0 Å². The summed E-state index contributed by atoms with van der Waals surface area (Å²) >= 11 is 12.3. The van der Waals surface area contributed by atoms with Crippen LogP contribution in [-0.2, 0) is 6.54 Å². The monoisotopic (exact) mass is 323 g/mol. The van der Waals surface area contributed by atoms with Gasteiger partial charge in [0.15, 0.2) is 0 Å². The molecule has 1 N–H and O–H groups in total. The maximum Gasteiger partial charge on any atom is 0.135 e. The minimum atomic E-state index is 0.542. The van der Waals surface area contributed by atoms with E-state index in [2.05, 4.69) is 5.32 Å². The maximum absolute atomic E-state index is 6.23. The Hall–Kier alpha value is -0.960. The summed E-state index contributed by atoms with van der Waals surface area (Å²) in [6.07, 6.45) is 6.58. The molecule has 21 heavy (non-hydrogen) atoms. The molecule has 1 fully saturated rings. The summed E-state index contributed by atoms with van der Waals surface area (Å²) in [5.74, 6) is 1.70. The highest BCUT2D eigenvalue weighted by Gasteiger charge is 2.14. The van der Waals surface area contributed by atoms with E-state index >= 15 is 0 Å². The molecule has 0 atom stereocenters. The third-order valence-corrected chi connectivity index (χ3v) is 4.87. The van der Waals surface area contributed by atoms with Crippen LogP contribution in [0.1, 0.15) is 37.9 Å². The Kier molecular flexibility index (Phi) is 4.89. The highest BCUT2D eigenvalue weighted by atomic mass is 35.5. The second-order valence-corrected chi connectivity index (χ2v) is 6.37. The summed E-state index contributed by atoms with van der Waals surface area (Å²) in [6.45, 7) is 0.767. The molecule has 2 aromatic rings. The van der Waals surface area contributed by atoms with Crippen LogP contribution in [0.4, 0.5) is 0 Å². The number of nitrogens with one attached hydrogen (secondary N) is 1. The average molecular weight is 324 g/mol. The van der Waals surface area contributed by atoms with Crippen molar-refractivity contribution in [2.75, 3.05) is 0 Å². The van der Waals surface area contributed by atoms with E-state index in [1.165, 1.54) is 32.1 Å². The molecular formula is C17H19Cl2NO. The summed E-state index contributed by atoms with van der Waals surface area (Å²) in [5.41, 5.74) is 0.841. The van der Waals surface area contributed by atoms with Crippen molar-refractivity contribution in [3.63, 3.8) is 0 Å². The summed E-state index contributed by atoms with van der Waals surface area (Å²) in [6, 6.07) is 10.2. The molecule has 4 heteroatoms. The zero-order valence-corrected chi connectivity index (χ0v) is 13.4. The number of benzene rings is 1. The molecule has 0 spiro atoms. The molecule has 1 aliphatic rings. The number of hydrogen-bond donors (Lipinski definition) is 1. The van der Waals surface area contributed by atoms with Gasteiger partial charge in [-0.1, -0.05) is 48.5 Å².